The molecule has 1 heterocycles. The van der Waals surface area contributed by atoms with E-state index in [9.17, 15) is 14.7 Å². The molecule has 0 saturated carbocycles. The zero-order valence-corrected chi connectivity index (χ0v) is 18.6. The molecule has 2 N–H and O–H groups in total. The van der Waals surface area contributed by atoms with Crippen molar-refractivity contribution in [2.24, 2.45) is 0 Å². The SMILES string of the molecule is CCC[C@H](C(=O)N[C@H]1CCc2c(O)cccc21)N1CCN(C(=O)OC(C)(C)C)CC1. The van der Waals surface area contributed by atoms with Crippen LogP contribution in [0.25, 0.3) is 0 Å². The fraction of sp³-hybridized carbons (Fsp3) is 0.652. The number of aromatic hydroxyl groups is 1. The normalized spacial score (nSPS) is 20.5. The average Bonchev–Trinajstić information content (AvgIpc) is 3.09. The molecule has 3 rings (SSSR count). The van der Waals surface area contributed by atoms with E-state index in [0.29, 0.717) is 31.9 Å². The Hall–Kier alpha value is -2.28. The lowest BCUT2D eigenvalue weighted by atomic mass is 10.0. The van der Waals surface area contributed by atoms with E-state index >= 15 is 0 Å². The molecule has 0 spiro atoms. The van der Waals surface area contributed by atoms with E-state index in [0.717, 1.165) is 36.8 Å². The minimum absolute atomic E-state index is 0.0313. The van der Waals surface area contributed by atoms with Gasteiger partial charge in [-0.1, -0.05) is 25.5 Å². The second kappa shape index (κ2) is 9.25. The van der Waals surface area contributed by atoms with Gasteiger partial charge in [0.1, 0.15) is 11.4 Å². The summed E-state index contributed by atoms with van der Waals surface area (Å²) in [5.41, 5.74) is 1.46. The molecule has 1 fully saturated rings. The van der Waals surface area contributed by atoms with E-state index in [4.69, 9.17) is 4.74 Å². The Bertz CT molecular complexity index is 766. The van der Waals surface area contributed by atoms with Gasteiger partial charge in [0.2, 0.25) is 5.91 Å². The first kappa shape index (κ1) is 22.4. The second-order valence-corrected chi connectivity index (χ2v) is 9.25. The molecular weight excluding hydrogens is 382 g/mol. The van der Waals surface area contributed by atoms with Crippen LogP contribution in [0.4, 0.5) is 4.79 Å². The van der Waals surface area contributed by atoms with Crippen LogP contribution in [0.5, 0.6) is 5.75 Å². The fourth-order valence-corrected chi connectivity index (χ4v) is 4.35. The molecule has 0 unspecified atom stereocenters. The van der Waals surface area contributed by atoms with Crippen molar-refractivity contribution < 1.29 is 19.4 Å². The number of phenolic OH excluding ortho intramolecular Hbond substituents is 1. The minimum atomic E-state index is -0.509. The van der Waals surface area contributed by atoms with Gasteiger partial charge in [-0.3, -0.25) is 9.69 Å². The zero-order valence-electron chi connectivity index (χ0n) is 18.6. The Balaban J connectivity index is 1.60. The summed E-state index contributed by atoms with van der Waals surface area (Å²) >= 11 is 0. The number of phenols is 1. The van der Waals surface area contributed by atoms with Crippen LogP contribution in [0.2, 0.25) is 0 Å². The molecule has 2 atom stereocenters. The number of hydrogen-bond donors (Lipinski definition) is 2. The van der Waals surface area contributed by atoms with Gasteiger partial charge in [-0.25, -0.2) is 4.79 Å². The molecule has 0 aromatic heterocycles. The maximum atomic E-state index is 13.2. The predicted octanol–water partition coefficient (Wildman–Crippen LogP) is 3.22. The largest absolute Gasteiger partial charge is 0.508 e. The quantitative estimate of drug-likeness (QED) is 0.769. The Kier molecular flexibility index (Phi) is 6.91. The smallest absolute Gasteiger partial charge is 0.410 e. The first-order valence-corrected chi connectivity index (χ1v) is 11.0. The number of hydrogen-bond acceptors (Lipinski definition) is 5. The average molecular weight is 418 g/mol. The van der Waals surface area contributed by atoms with Crippen LogP contribution in [-0.4, -0.2) is 64.7 Å². The van der Waals surface area contributed by atoms with Crippen LogP contribution in [0.3, 0.4) is 0 Å². The van der Waals surface area contributed by atoms with Crippen LogP contribution in [-0.2, 0) is 16.0 Å². The fourth-order valence-electron chi connectivity index (χ4n) is 4.35. The standard InChI is InChI=1S/C23H35N3O4/c1-5-7-19(25-12-14-26(15-13-25)22(29)30-23(2,3)4)21(28)24-18-11-10-17-16(18)8-6-9-20(17)27/h6,8-9,18-19,27H,5,7,10-15H2,1-4H3,(H,24,28)/t18-,19+/m0/s1. The first-order valence-electron chi connectivity index (χ1n) is 11.0. The number of carbonyl (C=O) groups excluding carboxylic acids is 2. The molecule has 30 heavy (non-hydrogen) atoms. The highest BCUT2D eigenvalue weighted by atomic mass is 16.6. The third-order valence-electron chi connectivity index (χ3n) is 5.83. The van der Waals surface area contributed by atoms with Crippen molar-refractivity contribution in [1.82, 2.24) is 15.1 Å². The highest BCUT2D eigenvalue weighted by molar-refractivity contribution is 5.82. The highest BCUT2D eigenvalue weighted by Gasteiger charge is 2.34. The first-order chi connectivity index (χ1) is 14.2. The van der Waals surface area contributed by atoms with Gasteiger partial charge in [-0.05, 0) is 57.2 Å². The van der Waals surface area contributed by atoms with E-state index in [1.807, 2.05) is 32.9 Å². The van der Waals surface area contributed by atoms with E-state index < -0.39 is 5.60 Å². The number of piperazine rings is 1. The molecule has 1 saturated heterocycles. The van der Waals surface area contributed by atoms with Crippen LogP contribution >= 0.6 is 0 Å². The third kappa shape index (κ3) is 5.25. The lowest BCUT2D eigenvalue weighted by molar-refractivity contribution is -0.128. The van der Waals surface area contributed by atoms with Crippen molar-refractivity contribution in [2.75, 3.05) is 26.2 Å². The van der Waals surface area contributed by atoms with Gasteiger partial charge >= 0.3 is 6.09 Å². The summed E-state index contributed by atoms with van der Waals surface area (Å²) in [4.78, 5) is 29.4. The molecule has 166 valence electrons. The monoisotopic (exact) mass is 417 g/mol. The molecule has 0 radical (unpaired) electrons. The second-order valence-electron chi connectivity index (χ2n) is 9.25. The van der Waals surface area contributed by atoms with E-state index in [1.165, 1.54) is 0 Å². The molecule has 7 nitrogen and oxygen atoms in total. The molecule has 2 amide bonds. The van der Waals surface area contributed by atoms with Crippen molar-refractivity contribution in [2.45, 2.75) is 71.1 Å². The van der Waals surface area contributed by atoms with Crippen molar-refractivity contribution in [3.8, 4) is 5.75 Å². The number of nitrogens with zero attached hydrogens (tertiary/aromatic N) is 2. The predicted molar refractivity (Wildman–Crippen MR) is 115 cm³/mol. The summed E-state index contributed by atoms with van der Waals surface area (Å²) in [6.07, 6.45) is 2.98. The minimum Gasteiger partial charge on any atom is -0.508 e. The van der Waals surface area contributed by atoms with Gasteiger partial charge in [0, 0.05) is 26.2 Å². The number of benzene rings is 1. The number of rotatable bonds is 5. The maximum absolute atomic E-state index is 13.2. The summed E-state index contributed by atoms with van der Waals surface area (Å²) in [6, 6.07) is 5.26. The van der Waals surface area contributed by atoms with Crippen LogP contribution in [0.1, 0.15) is 64.1 Å². The zero-order chi connectivity index (χ0) is 21.9. The molecule has 1 aliphatic carbocycles. The Morgan fingerprint density at radius 1 is 1.23 bits per heavy atom. The van der Waals surface area contributed by atoms with E-state index in [-0.39, 0.29) is 24.1 Å². The van der Waals surface area contributed by atoms with E-state index in [2.05, 4.69) is 17.1 Å². The number of nitrogens with one attached hydrogen (secondary N) is 1. The lowest BCUT2D eigenvalue weighted by Gasteiger charge is -2.39. The lowest BCUT2D eigenvalue weighted by Crippen LogP contribution is -2.56. The van der Waals surface area contributed by atoms with Gasteiger partial charge in [0.25, 0.3) is 0 Å². The van der Waals surface area contributed by atoms with Crippen LogP contribution < -0.4 is 5.32 Å². The highest BCUT2D eigenvalue weighted by Crippen LogP contribution is 2.36. The molecule has 1 aliphatic heterocycles. The summed E-state index contributed by atoms with van der Waals surface area (Å²) in [5.74, 6) is 0.344. The van der Waals surface area contributed by atoms with Crippen molar-refractivity contribution >= 4 is 12.0 Å². The third-order valence-corrected chi connectivity index (χ3v) is 5.83. The molecule has 2 aliphatic rings. The Morgan fingerprint density at radius 3 is 2.57 bits per heavy atom. The number of carbonyl (C=O) groups is 2. The number of ether oxygens (including phenoxy) is 1. The molecule has 1 aromatic rings. The van der Waals surface area contributed by atoms with Gasteiger partial charge in [-0.15, -0.1) is 0 Å². The maximum Gasteiger partial charge on any atom is 0.410 e. The topological polar surface area (TPSA) is 82.1 Å². The summed E-state index contributed by atoms with van der Waals surface area (Å²) in [6.45, 7) is 10.1. The molecule has 7 heteroatoms. The Morgan fingerprint density at radius 2 is 1.93 bits per heavy atom. The molecule has 1 aromatic carbocycles. The van der Waals surface area contributed by atoms with Crippen LogP contribution in [0, 0.1) is 0 Å². The Labute approximate surface area is 179 Å². The number of amides is 2. The van der Waals surface area contributed by atoms with Gasteiger partial charge < -0.3 is 20.1 Å². The van der Waals surface area contributed by atoms with E-state index in [1.54, 1.807) is 11.0 Å². The van der Waals surface area contributed by atoms with Crippen molar-refractivity contribution in [3.63, 3.8) is 0 Å². The van der Waals surface area contributed by atoms with Gasteiger partial charge in [0.15, 0.2) is 0 Å². The summed E-state index contributed by atoms with van der Waals surface area (Å²) in [5, 5.41) is 13.3. The summed E-state index contributed by atoms with van der Waals surface area (Å²) in [7, 11) is 0. The van der Waals surface area contributed by atoms with Crippen molar-refractivity contribution in [3.05, 3.63) is 29.3 Å². The van der Waals surface area contributed by atoms with Gasteiger partial charge in [-0.2, -0.15) is 0 Å². The number of fused-ring (bicyclic) bond motifs is 1. The van der Waals surface area contributed by atoms with Crippen molar-refractivity contribution in [1.29, 1.82) is 0 Å². The van der Waals surface area contributed by atoms with Crippen LogP contribution in [0.15, 0.2) is 18.2 Å². The molecule has 0 bridgehead atoms. The summed E-state index contributed by atoms with van der Waals surface area (Å²) < 4.78 is 5.47. The van der Waals surface area contributed by atoms with Gasteiger partial charge in [0.05, 0.1) is 12.1 Å². The molecular formula is C23H35N3O4.